The minimum Gasteiger partial charge on any atom is -0.465 e. The van der Waals surface area contributed by atoms with E-state index in [-0.39, 0.29) is 18.4 Å². The molecular formula is C15H17N5O3. The third kappa shape index (κ3) is 2.80. The molecule has 8 nitrogen and oxygen atoms in total. The Kier molecular flexibility index (Phi) is 3.83. The van der Waals surface area contributed by atoms with E-state index in [1.165, 1.54) is 17.2 Å². The largest absolute Gasteiger partial charge is 0.465 e. The predicted octanol–water partition coefficient (Wildman–Crippen LogP) is 0.838. The highest BCUT2D eigenvalue weighted by Gasteiger charge is 2.46. The van der Waals surface area contributed by atoms with Gasteiger partial charge in [-0.1, -0.05) is 12.1 Å². The Balaban J connectivity index is 2.04. The first-order chi connectivity index (χ1) is 11.0. The number of nitrogens with one attached hydrogen (secondary N) is 2. The third-order valence-corrected chi connectivity index (χ3v) is 3.97. The number of para-hydroxylation sites is 1. The summed E-state index contributed by atoms with van der Waals surface area (Å²) < 4.78 is 0. The normalized spacial score (nSPS) is 23.6. The number of Topliss-reactive ketones (excluding diaryl/α,β-unsaturated/α-hetero) is 1. The number of hydrogen-bond donors (Lipinski definition) is 3. The minimum atomic E-state index is -1.22. The van der Waals surface area contributed by atoms with Crippen LogP contribution in [0.15, 0.2) is 36.7 Å². The fourth-order valence-electron chi connectivity index (χ4n) is 2.98. The monoisotopic (exact) mass is 315 g/mol. The molecule has 0 unspecified atom stereocenters. The number of aromatic nitrogens is 3. The van der Waals surface area contributed by atoms with E-state index in [2.05, 4.69) is 20.8 Å². The van der Waals surface area contributed by atoms with Crippen molar-refractivity contribution in [1.82, 2.24) is 25.6 Å². The number of hydrogen-bond acceptors (Lipinski definition) is 5. The summed E-state index contributed by atoms with van der Waals surface area (Å²) >= 11 is 0. The van der Waals surface area contributed by atoms with Gasteiger partial charge in [0.2, 0.25) is 0 Å². The Morgan fingerprint density at radius 1 is 1.35 bits per heavy atom. The highest BCUT2D eigenvalue weighted by atomic mass is 16.4. The second-order valence-electron chi connectivity index (χ2n) is 5.66. The van der Waals surface area contributed by atoms with Crippen LogP contribution in [-0.2, 0) is 0 Å². The van der Waals surface area contributed by atoms with E-state index in [1.807, 2.05) is 6.92 Å². The molecule has 2 heterocycles. The Morgan fingerprint density at radius 3 is 2.65 bits per heavy atom. The van der Waals surface area contributed by atoms with Gasteiger partial charge >= 0.3 is 6.09 Å². The van der Waals surface area contributed by atoms with E-state index in [9.17, 15) is 9.59 Å². The Morgan fingerprint density at radius 2 is 2.04 bits per heavy atom. The van der Waals surface area contributed by atoms with Crippen LogP contribution < -0.4 is 10.6 Å². The van der Waals surface area contributed by atoms with Crippen LogP contribution in [0.1, 0.15) is 23.7 Å². The van der Waals surface area contributed by atoms with Gasteiger partial charge in [0.1, 0.15) is 5.54 Å². The van der Waals surface area contributed by atoms with Crippen molar-refractivity contribution in [2.75, 3.05) is 6.54 Å². The zero-order chi connectivity index (χ0) is 16.4. The van der Waals surface area contributed by atoms with Crippen molar-refractivity contribution in [3.8, 4) is 5.69 Å². The Bertz CT molecular complexity index is 730. The molecule has 1 aromatic heterocycles. The van der Waals surface area contributed by atoms with Crippen LogP contribution in [0, 0.1) is 0 Å². The summed E-state index contributed by atoms with van der Waals surface area (Å²) in [6.07, 6.45) is 2.21. The van der Waals surface area contributed by atoms with Crippen molar-refractivity contribution in [3.05, 3.63) is 42.2 Å². The zero-order valence-electron chi connectivity index (χ0n) is 12.6. The molecule has 1 aliphatic rings. The van der Waals surface area contributed by atoms with Gasteiger partial charge in [0.15, 0.2) is 5.78 Å². The van der Waals surface area contributed by atoms with E-state index in [4.69, 9.17) is 5.11 Å². The molecule has 1 fully saturated rings. The third-order valence-electron chi connectivity index (χ3n) is 3.97. The van der Waals surface area contributed by atoms with E-state index < -0.39 is 11.6 Å². The molecule has 1 aliphatic heterocycles. The molecule has 0 spiro atoms. The smallest absolute Gasteiger partial charge is 0.405 e. The number of carboxylic acid groups (broad SMARTS) is 1. The molecule has 1 saturated heterocycles. The minimum absolute atomic E-state index is 0.0424. The van der Waals surface area contributed by atoms with Crippen molar-refractivity contribution in [1.29, 1.82) is 0 Å². The highest BCUT2D eigenvalue weighted by molar-refractivity contribution is 6.07. The SMILES string of the molecule is C[C@@H]1C[C@](NC(=O)O)(C(=O)c2ccccc2-n2nccn2)CN1. The lowest BCUT2D eigenvalue weighted by Crippen LogP contribution is -2.55. The number of benzene rings is 1. The summed E-state index contributed by atoms with van der Waals surface area (Å²) in [6.45, 7) is 2.17. The number of rotatable bonds is 4. The molecule has 0 aliphatic carbocycles. The average Bonchev–Trinajstić information content (AvgIpc) is 3.17. The van der Waals surface area contributed by atoms with Crippen LogP contribution >= 0.6 is 0 Å². The fraction of sp³-hybridized carbons (Fsp3) is 0.333. The first-order valence-corrected chi connectivity index (χ1v) is 7.27. The van der Waals surface area contributed by atoms with Gasteiger partial charge in [-0.15, -0.1) is 0 Å². The number of nitrogens with zero attached hydrogens (tertiary/aromatic N) is 3. The summed E-state index contributed by atoms with van der Waals surface area (Å²) in [7, 11) is 0. The number of ketones is 1. The zero-order valence-corrected chi connectivity index (χ0v) is 12.6. The van der Waals surface area contributed by atoms with Crippen LogP contribution in [0.3, 0.4) is 0 Å². The van der Waals surface area contributed by atoms with Gasteiger partial charge in [0.25, 0.3) is 0 Å². The number of amides is 1. The first kappa shape index (κ1) is 15.2. The standard InChI is InChI=1S/C15H17N5O3/c1-10-8-15(9-16-10,19-14(22)23)13(21)11-4-2-3-5-12(11)20-17-6-7-18-20/h2-7,10,16,19H,8-9H2,1H3,(H,22,23)/t10-,15-/m1/s1. The molecule has 0 radical (unpaired) electrons. The van der Waals surface area contributed by atoms with E-state index >= 15 is 0 Å². The molecular weight excluding hydrogens is 298 g/mol. The average molecular weight is 315 g/mol. The van der Waals surface area contributed by atoms with Gasteiger partial charge in [-0.3, -0.25) is 4.79 Å². The topological polar surface area (TPSA) is 109 Å². The van der Waals surface area contributed by atoms with Crippen LogP contribution in [-0.4, -0.2) is 50.1 Å². The predicted molar refractivity (Wildman–Crippen MR) is 81.7 cm³/mol. The highest BCUT2D eigenvalue weighted by Crippen LogP contribution is 2.27. The van der Waals surface area contributed by atoms with Crippen molar-refractivity contribution in [2.24, 2.45) is 0 Å². The van der Waals surface area contributed by atoms with Crippen LogP contribution in [0.25, 0.3) is 5.69 Å². The lowest BCUT2D eigenvalue weighted by molar-refractivity contribution is 0.0855. The second kappa shape index (κ2) is 5.81. The maximum atomic E-state index is 13.1. The molecule has 1 aromatic carbocycles. The van der Waals surface area contributed by atoms with Gasteiger partial charge in [-0.2, -0.15) is 15.0 Å². The molecule has 2 atom stereocenters. The van der Waals surface area contributed by atoms with Crippen LogP contribution in [0.2, 0.25) is 0 Å². The van der Waals surface area contributed by atoms with E-state index in [0.29, 0.717) is 17.7 Å². The van der Waals surface area contributed by atoms with Crippen molar-refractivity contribution < 1.29 is 14.7 Å². The summed E-state index contributed by atoms with van der Waals surface area (Å²) in [4.78, 5) is 25.7. The quantitative estimate of drug-likeness (QED) is 0.721. The van der Waals surface area contributed by atoms with Crippen LogP contribution in [0.4, 0.5) is 4.79 Å². The van der Waals surface area contributed by atoms with Gasteiger partial charge in [-0.05, 0) is 25.5 Å². The van der Waals surface area contributed by atoms with Crippen molar-refractivity contribution in [2.45, 2.75) is 24.9 Å². The van der Waals surface area contributed by atoms with Crippen LogP contribution in [0.5, 0.6) is 0 Å². The summed E-state index contributed by atoms with van der Waals surface area (Å²) in [5.74, 6) is -0.287. The molecule has 1 amide bonds. The maximum Gasteiger partial charge on any atom is 0.405 e. The summed E-state index contributed by atoms with van der Waals surface area (Å²) in [6, 6.07) is 6.95. The maximum absolute atomic E-state index is 13.1. The lowest BCUT2D eigenvalue weighted by atomic mass is 9.86. The van der Waals surface area contributed by atoms with E-state index in [1.54, 1.807) is 24.3 Å². The summed E-state index contributed by atoms with van der Waals surface area (Å²) in [5.41, 5.74) is -0.281. The molecule has 2 aromatic rings. The number of carbonyl (C=O) groups is 2. The number of carbonyl (C=O) groups excluding carboxylic acids is 1. The molecule has 120 valence electrons. The van der Waals surface area contributed by atoms with Gasteiger partial charge in [0.05, 0.1) is 18.1 Å². The Labute approximate surface area is 132 Å². The van der Waals surface area contributed by atoms with Crippen molar-refractivity contribution in [3.63, 3.8) is 0 Å². The molecule has 0 bridgehead atoms. The van der Waals surface area contributed by atoms with Gasteiger partial charge in [0, 0.05) is 18.2 Å². The molecule has 23 heavy (non-hydrogen) atoms. The fourth-order valence-corrected chi connectivity index (χ4v) is 2.98. The molecule has 8 heteroatoms. The molecule has 0 saturated carbocycles. The molecule has 3 N–H and O–H groups in total. The van der Waals surface area contributed by atoms with E-state index in [0.717, 1.165) is 0 Å². The summed E-state index contributed by atoms with van der Waals surface area (Å²) in [5, 5.41) is 22.8. The van der Waals surface area contributed by atoms with Gasteiger partial charge < -0.3 is 15.7 Å². The molecule has 3 rings (SSSR count). The first-order valence-electron chi connectivity index (χ1n) is 7.27. The van der Waals surface area contributed by atoms with Crippen molar-refractivity contribution >= 4 is 11.9 Å². The lowest BCUT2D eigenvalue weighted by Gasteiger charge is -2.27. The Hall–Kier alpha value is -2.74. The van der Waals surface area contributed by atoms with Gasteiger partial charge in [-0.25, -0.2) is 4.79 Å². The second-order valence-corrected chi connectivity index (χ2v) is 5.66.